The van der Waals surface area contributed by atoms with Crippen LogP contribution in [-0.4, -0.2) is 35.8 Å². The average Bonchev–Trinajstić information content (AvgIpc) is 2.65. The molecule has 4 nitrogen and oxygen atoms in total. The Balaban J connectivity index is 1.50. The fraction of sp³-hybridized carbons (Fsp3) is 0.300. The normalized spacial score (nSPS) is 14.9. The second-order valence-electron chi connectivity index (χ2n) is 6.41. The van der Waals surface area contributed by atoms with Gasteiger partial charge in [-0.3, -0.25) is 9.59 Å². The topological polar surface area (TPSA) is 49.4 Å². The molecule has 1 heterocycles. The number of halogens is 2. The van der Waals surface area contributed by atoms with Crippen LogP contribution in [0, 0.1) is 0 Å². The third-order valence-corrected chi connectivity index (χ3v) is 5.16. The smallest absolute Gasteiger partial charge is 0.251 e. The number of carbonyl (C=O) groups is 2. The minimum absolute atomic E-state index is 0.0436. The van der Waals surface area contributed by atoms with Crippen molar-refractivity contribution in [2.45, 2.75) is 25.3 Å². The number of rotatable bonds is 4. The van der Waals surface area contributed by atoms with Gasteiger partial charge in [-0.15, -0.1) is 0 Å². The zero-order valence-electron chi connectivity index (χ0n) is 14.3. The molecule has 1 aliphatic rings. The summed E-state index contributed by atoms with van der Waals surface area (Å²) in [5, 5.41) is 4.11. The predicted octanol–water partition coefficient (Wildman–Crippen LogP) is 3.96. The second kappa shape index (κ2) is 8.56. The van der Waals surface area contributed by atoms with Gasteiger partial charge in [0, 0.05) is 34.7 Å². The molecule has 0 unspecified atom stereocenters. The van der Waals surface area contributed by atoms with Crippen LogP contribution < -0.4 is 5.32 Å². The SMILES string of the molecule is O=C(NC1CCN(C(=O)Cc2ccc(Cl)cc2Cl)CC1)c1ccccc1. The monoisotopic (exact) mass is 390 g/mol. The van der Waals surface area contributed by atoms with Gasteiger partial charge in [-0.2, -0.15) is 0 Å². The van der Waals surface area contributed by atoms with E-state index in [-0.39, 0.29) is 24.3 Å². The molecule has 0 bridgehead atoms. The first kappa shape index (κ1) is 18.7. The predicted molar refractivity (Wildman–Crippen MR) is 104 cm³/mol. The van der Waals surface area contributed by atoms with E-state index >= 15 is 0 Å². The Hall–Kier alpha value is -2.04. The lowest BCUT2D eigenvalue weighted by atomic mass is 10.0. The van der Waals surface area contributed by atoms with Crippen molar-refractivity contribution in [3.05, 3.63) is 69.7 Å². The Morgan fingerprint density at radius 3 is 2.38 bits per heavy atom. The summed E-state index contributed by atoms with van der Waals surface area (Å²) in [6.45, 7) is 1.26. The number of nitrogens with zero attached hydrogens (tertiary/aromatic N) is 1. The highest BCUT2D eigenvalue weighted by Crippen LogP contribution is 2.22. The lowest BCUT2D eigenvalue weighted by molar-refractivity contribution is -0.131. The molecular weight excluding hydrogens is 371 g/mol. The van der Waals surface area contributed by atoms with Crippen molar-refractivity contribution in [3.8, 4) is 0 Å². The van der Waals surface area contributed by atoms with Crippen molar-refractivity contribution < 1.29 is 9.59 Å². The summed E-state index contributed by atoms with van der Waals surface area (Å²) in [7, 11) is 0. The number of hydrogen-bond acceptors (Lipinski definition) is 2. The Labute approximate surface area is 163 Å². The molecule has 1 fully saturated rings. The maximum absolute atomic E-state index is 12.5. The van der Waals surface area contributed by atoms with Crippen molar-refractivity contribution in [1.29, 1.82) is 0 Å². The van der Waals surface area contributed by atoms with Gasteiger partial charge >= 0.3 is 0 Å². The number of benzene rings is 2. The highest BCUT2D eigenvalue weighted by atomic mass is 35.5. The van der Waals surface area contributed by atoms with Gasteiger partial charge in [-0.05, 0) is 42.7 Å². The number of hydrogen-bond donors (Lipinski definition) is 1. The maximum atomic E-state index is 12.5. The molecule has 136 valence electrons. The van der Waals surface area contributed by atoms with E-state index in [1.807, 2.05) is 23.1 Å². The summed E-state index contributed by atoms with van der Waals surface area (Å²) in [6.07, 6.45) is 1.76. The Morgan fingerprint density at radius 1 is 1.04 bits per heavy atom. The van der Waals surface area contributed by atoms with E-state index in [2.05, 4.69) is 5.32 Å². The van der Waals surface area contributed by atoms with Crippen LogP contribution in [0.5, 0.6) is 0 Å². The van der Waals surface area contributed by atoms with Crippen LogP contribution in [0.25, 0.3) is 0 Å². The highest BCUT2D eigenvalue weighted by Gasteiger charge is 2.24. The lowest BCUT2D eigenvalue weighted by Crippen LogP contribution is -2.47. The molecule has 0 aromatic heterocycles. The second-order valence-corrected chi connectivity index (χ2v) is 7.25. The van der Waals surface area contributed by atoms with Crippen LogP contribution in [0.4, 0.5) is 0 Å². The zero-order valence-corrected chi connectivity index (χ0v) is 15.8. The van der Waals surface area contributed by atoms with Crippen molar-refractivity contribution in [3.63, 3.8) is 0 Å². The molecular formula is C20H20Cl2N2O2. The van der Waals surface area contributed by atoms with E-state index in [4.69, 9.17) is 23.2 Å². The zero-order chi connectivity index (χ0) is 18.5. The van der Waals surface area contributed by atoms with Crippen LogP contribution in [0.2, 0.25) is 10.0 Å². The Morgan fingerprint density at radius 2 is 1.73 bits per heavy atom. The van der Waals surface area contributed by atoms with Gasteiger partial charge in [0.2, 0.25) is 5.91 Å². The van der Waals surface area contributed by atoms with Gasteiger partial charge in [0.25, 0.3) is 5.91 Å². The quantitative estimate of drug-likeness (QED) is 0.858. The highest BCUT2D eigenvalue weighted by molar-refractivity contribution is 6.35. The number of amides is 2. The fourth-order valence-electron chi connectivity index (χ4n) is 3.07. The summed E-state index contributed by atoms with van der Waals surface area (Å²) in [5.41, 5.74) is 1.43. The number of carbonyl (C=O) groups excluding carboxylic acids is 2. The molecule has 0 saturated carbocycles. The average molecular weight is 391 g/mol. The number of nitrogens with one attached hydrogen (secondary N) is 1. The first-order valence-corrected chi connectivity index (χ1v) is 9.36. The molecule has 26 heavy (non-hydrogen) atoms. The summed E-state index contributed by atoms with van der Waals surface area (Å²) in [6, 6.07) is 14.4. The first-order chi connectivity index (χ1) is 12.5. The summed E-state index contributed by atoms with van der Waals surface area (Å²) >= 11 is 12.0. The third kappa shape index (κ3) is 4.77. The van der Waals surface area contributed by atoms with Crippen molar-refractivity contribution in [1.82, 2.24) is 10.2 Å². The fourth-order valence-corrected chi connectivity index (χ4v) is 3.55. The van der Waals surface area contributed by atoms with Crippen LogP contribution in [0.1, 0.15) is 28.8 Å². The molecule has 0 atom stereocenters. The van der Waals surface area contributed by atoms with Crippen molar-refractivity contribution in [2.75, 3.05) is 13.1 Å². The summed E-state index contributed by atoms with van der Waals surface area (Å²) in [4.78, 5) is 26.5. The molecule has 0 radical (unpaired) electrons. The van der Waals surface area contributed by atoms with E-state index in [0.29, 0.717) is 28.7 Å². The number of piperidine rings is 1. The van der Waals surface area contributed by atoms with Crippen LogP contribution in [-0.2, 0) is 11.2 Å². The van der Waals surface area contributed by atoms with E-state index in [1.54, 1.807) is 30.3 Å². The maximum Gasteiger partial charge on any atom is 0.251 e. The Bertz CT molecular complexity index is 788. The molecule has 2 aromatic carbocycles. The van der Waals surface area contributed by atoms with Crippen LogP contribution in [0.15, 0.2) is 48.5 Å². The summed E-state index contributed by atoms with van der Waals surface area (Å²) in [5.74, 6) is -0.0228. The van der Waals surface area contributed by atoms with E-state index in [0.717, 1.165) is 18.4 Å². The molecule has 2 amide bonds. The molecule has 2 aromatic rings. The van der Waals surface area contributed by atoms with Gasteiger partial charge < -0.3 is 10.2 Å². The molecule has 1 N–H and O–H groups in total. The van der Waals surface area contributed by atoms with Gasteiger partial charge in [0.1, 0.15) is 0 Å². The van der Waals surface area contributed by atoms with Crippen LogP contribution >= 0.6 is 23.2 Å². The molecule has 1 aliphatic heterocycles. The first-order valence-electron chi connectivity index (χ1n) is 8.60. The third-order valence-electron chi connectivity index (χ3n) is 4.58. The van der Waals surface area contributed by atoms with E-state index < -0.39 is 0 Å². The molecule has 3 rings (SSSR count). The van der Waals surface area contributed by atoms with E-state index in [1.165, 1.54) is 0 Å². The van der Waals surface area contributed by atoms with Gasteiger partial charge in [0.15, 0.2) is 0 Å². The number of likely N-dealkylation sites (tertiary alicyclic amines) is 1. The summed E-state index contributed by atoms with van der Waals surface area (Å²) < 4.78 is 0. The lowest BCUT2D eigenvalue weighted by Gasteiger charge is -2.32. The van der Waals surface area contributed by atoms with Gasteiger partial charge in [0.05, 0.1) is 6.42 Å². The molecule has 1 saturated heterocycles. The minimum Gasteiger partial charge on any atom is -0.349 e. The van der Waals surface area contributed by atoms with Crippen molar-refractivity contribution in [2.24, 2.45) is 0 Å². The molecule has 0 aliphatic carbocycles. The van der Waals surface area contributed by atoms with Gasteiger partial charge in [-0.25, -0.2) is 0 Å². The van der Waals surface area contributed by atoms with E-state index in [9.17, 15) is 9.59 Å². The minimum atomic E-state index is -0.0664. The largest absolute Gasteiger partial charge is 0.349 e. The standard InChI is InChI=1S/C20H20Cl2N2O2/c21-16-7-6-15(18(22)13-16)12-19(25)24-10-8-17(9-11-24)23-20(26)14-4-2-1-3-5-14/h1-7,13,17H,8-12H2,(H,23,26). The molecule has 6 heteroatoms. The van der Waals surface area contributed by atoms with Crippen LogP contribution in [0.3, 0.4) is 0 Å². The Kier molecular flexibility index (Phi) is 6.17. The molecule has 0 spiro atoms. The van der Waals surface area contributed by atoms with Crippen molar-refractivity contribution >= 4 is 35.0 Å². The van der Waals surface area contributed by atoms with Gasteiger partial charge in [-0.1, -0.05) is 47.5 Å².